The second kappa shape index (κ2) is 5.84. The van der Waals surface area contributed by atoms with Crippen molar-refractivity contribution in [1.82, 2.24) is 10.1 Å². The maximum absolute atomic E-state index is 6.10. The van der Waals surface area contributed by atoms with Crippen LogP contribution in [0, 0.1) is 6.92 Å². The molecule has 0 radical (unpaired) electrons. The predicted octanol–water partition coefficient (Wildman–Crippen LogP) is 2.11. The molecule has 0 aliphatic heterocycles. The smallest absolute Gasteiger partial charge is 0.264 e. The van der Waals surface area contributed by atoms with Crippen molar-refractivity contribution in [3.63, 3.8) is 0 Å². The van der Waals surface area contributed by atoms with E-state index in [1.165, 1.54) is 0 Å². The maximum Gasteiger partial charge on any atom is 0.264 e. The van der Waals surface area contributed by atoms with Crippen molar-refractivity contribution in [3.05, 3.63) is 40.5 Å². The lowest BCUT2D eigenvalue weighted by Crippen LogP contribution is -2.03. The van der Waals surface area contributed by atoms with Crippen LogP contribution in [0.5, 0.6) is 5.75 Å². The minimum atomic E-state index is 0.205. The van der Waals surface area contributed by atoms with Gasteiger partial charge in [-0.05, 0) is 37.6 Å². The molecule has 0 saturated carbocycles. The van der Waals surface area contributed by atoms with E-state index in [1.54, 1.807) is 6.92 Å². The van der Waals surface area contributed by atoms with Crippen LogP contribution < -0.4 is 10.5 Å². The summed E-state index contributed by atoms with van der Waals surface area (Å²) in [5, 5.41) is 4.23. The Kier molecular flexibility index (Phi) is 4.17. The third-order valence-electron chi connectivity index (χ3n) is 2.35. The standard InChI is InChI=1S/C12H14ClN3O2/c1-8-15-12(18-16-8)7-17-11-3-2-9(4-5-14)6-10(11)13/h2-3,6H,4-5,7,14H2,1H3. The van der Waals surface area contributed by atoms with Crippen LogP contribution in [0.25, 0.3) is 0 Å². The largest absolute Gasteiger partial charge is 0.482 e. The van der Waals surface area contributed by atoms with E-state index in [1.807, 2.05) is 18.2 Å². The molecule has 0 unspecified atom stereocenters. The van der Waals surface area contributed by atoms with Gasteiger partial charge in [-0.2, -0.15) is 4.98 Å². The maximum atomic E-state index is 6.10. The van der Waals surface area contributed by atoms with Gasteiger partial charge in [-0.3, -0.25) is 0 Å². The Bertz CT molecular complexity index is 528. The Morgan fingerprint density at radius 1 is 1.44 bits per heavy atom. The van der Waals surface area contributed by atoms with Crippen molar-refractivity contribution in [2.45, 2.75) is 20.0 Å². The molecule has 0 aliphatic carbocycles. The topological polar surface area (TPSA) is 74.2 Å². The van der Waals surface area contributed by atoms with Crippen LogP contribution in [0.3, 0.4) is 0 Å². The Hall–Kier alpha value is -1.59. The summed E-state index contributed by atoms with van der Waals surface area (Å²) >= 11 is 6.10. The Morgan fingerprint density at radius 2 is 2.28 bits per heavy atom. The first-order chi connectivity index (χ1) is 8.69. The molecule has 6 heteroatoms. The van der Waals surface area contributed by atoms with Crippen molar-refractivity contribution in [2.75, 3.05) is 6.54 Å². The van der Waals surface area contributed by atoms with Crippen LogP contribution in [0.2, 0.25) is 5.02 Å². The molecule has 1 heterocycles. The lowest BCUT2D eigenvalue weighted by molar-refractivity contribution is 0.242. The molecule has 2 N–H and O–H groups in total. The van der Waals surface area contributed by atoms with E-state index >= 15 is 0 Å². The van der Waals surface area contributed by atoms with Crippen molar-refractivity contribution < 1.29 is 9.26 Å². The molecule has 0 saturated heterocycles. The zero-order chi connectivity index (χ0) is 13.0. The van der Waals surface area contributed by atoms with Gasteiger partial charge < -0.3 is 15.0 Å². The Balaban J connectivity index is 2.01. The molecule has 18 heavy (non-hydrogen) atoms. The summed E-state index contributed by atoms with van der Waals surface area (Å²) in [5.74, 6) is 1.60. The highest BCUT2D eigenvalue weighted by Crippen LogP contribution is 2.26. The van der Waals surface area contributed by atoms with Gasteiger partial charge in [-0.15, -0.1) is 0 Å². The van der Waals surface area contributed by atoms with Gasteiger partial charge >= 0.3 is 0 Å². The zero-order valence-corrected chi connectivity index (χ0v) is 10.8. The molecule has 0 spiro atoms. The molecule has 2 aromatic rings. The number of hydrogen-bond donors (Lipinski definition) is 1. The van der Waals surface area contributed by atoms with E-state index in [0.29, 0.717) is 29.0 Å². The average Bonchev–Trinajstić information content (AvgIpc) is 2.74. The van der Waals surface area contributed by atoms with Gasteiger partial charge in [-0.25, -0.2) is 0 Å². The van der Waals surface area contributed by atoms with E-state index in [9.17, 15) is 0 Å². The summed E-state index contributed by atoms with van der Waals surface area (Å²) < 4.78 is 10.5. The Labute approximate surface area is 110 Å². The van der Waals surface area contributed by atoms with Gasteiger partial charge in [0.05, 0.1) is 5.02 Å². The fourth-order valence-corrected chi connectivity index (χ4v) is 1.78. The highest BCUT2D eigenvalue weighted by molar-refractivity contribution is 6.32. The molecule has 2 rings (SSSR count). The molecule has 0 fully saturated rings. The third kappa shape index (κ3) is 3.21. The first-order valence-corrected chi connectivity index (χ1v) is 5.97. The van der Waals surface area contributed by atoms with E-state index in [2.05, 4.69) is 10.1 Å². The number of ether oxygens (including phenoxy) is 1. The lowest BCUT2D eigenvalue weighted by atomic mass is 10.1. The number of nitrogens with two attached hydrogens (primary N) is 1. The fourth-order valence-electron chi connectivity index (χ4n) is 1.52. The second-order valence-corrected chi connectivity index (χ2v) is 4.23. The summed E-state index contributed by atoms with van der Waals surface area (Å²) in [6.45, 7) is 2.55. The molecular weight excluding hydrogens is 254 g/mol. The number of rotatable bonds is 5. The zero-order valence-electron chi connectivity index (χ0n) is 10.0. The summed E-state index contributed by atoms with van der Waals surface area (Å²) in [6.07, 6.45) is 0.794. The van der Waals surface area contributed by atoms with Crippen molar-refractivity contribution >= 4 is 11.6 Å². The number of halogens is 1. The number of nitrogens with zero attached hydrogens (tertiary/aromatic N) is 2. The molecule has 1 aromatic heterocycles. The van der Waals surface area contributed by atoms with Crippen LogP contribution in [-0.4, -0.2) is 16.7 Å². The van der Waals surface area contributed by atoms with Crippen LogP contribution in [-0.2, 0) is 13.0 Å². The molecular formula is C12H14ClN3O2. The fraction of sp³-hybridized carbons (Fsp3) is 0.333. The van der Waals surface area contributed by atoms with Crippen LogP contribution >= 0.6 is 11.6 Å². The molecule has 0 amide bonds. The van der Waals surface area contributed by atoms with Gasteiger partial charge in [0.15, 0.2) is 12.4 Å². The van der Waals surface area contributed by atoms with E-state index < -0.39 is 0 Å². The molecule has 1 aromatic carbocycles. The predicted molar refractivity (Wildman–Crippen MR) is 67.6 cm³/mol. The van der Waals surface area contributed by atoms with Gasteiger partial charge in [0.2, 0.25) is 0 Å². The summed E-state index contributed by atoms with van der Waals surface area (Å²) in [7, 11) is 0. The molecule has 0 atom stereocenters. The van der Waals surface area contributed by atoms with Gasteiger partial charge in [0.1, 0.15) is 5.75 Å². The highest BCUT2D eigenvalue weighted by atomic mass is 35.5. The van der Waals surface area contributed by atoms with E-state index in [4.69, 9.17) is 26.6 Å². The number of hydrogen-bond acceptors (Lipinski definition) is 5. The van der Waals surface area contributed by atoms with Crippen LogP contribution in [0.4, 0.5) is 0 Å². The normalized spacial score (nSPS) is 10.6. The SMILES string of the molecule is Cc1noc(COc2ccc(CCN)cc2Cl)n1. The molecule has 0 aliphatic rings. The van der Waals surface area contributed by atoms with Crippen molar-refractivity contribution in [2.24, 2.45) is 5.73 Å². The third-order valence-corrected chi connectivity index (χ3v) is 2.65. The highest BCUT2D eigenvalue weighted by Gasteiger charge is 2.07. The summed E-state index contributed by atoms with van der Waals surface area (Å²) in [6, 6.07) is 5.60. The van der Waals surface area contributed by atoms with E-state index in [-0.39, 0.29) is 6.61 Å². The summed E-state index contributed by atoms with van der Waals surface area (Å²) in [4.78, 5) is 4.04. The first kappa shape index (κ1) is 12.9. The van der Waals surface area contributed by atoms with Gasteiger partial charge in [0.25, 0.3) is 5.89 Å². The van der Waals surface area contributed by atoms with Gasteiger partial charge in [0, 0.05) is 0 Å². The Morgan fingerprint density at radius 3 is 2.89 bits per heavy atom. The average molecular weight is 268 g/mol. The number of aromatic nitrogens is 2. The first-order valence-electron chi connectivity index (χ1n) is 5.59. The number of aryl methyl sites for hydroxylation is 1. The lowest BCUT2D eigenvalue weighted by Gasteiger charge is -2.07. The quantitative estimate of drug-likeness (QED) is 0.898. The molecule has 5 nitrogen and oxygen atoms in total. The van der Waals surface area contributed by atoms with Crippen LogP contribution in [0.15, 0.2) is 22.7 Å². The minimum Gasteiger partial charge on any atom is -0.482 e. The summed E-state index contributed by atoms with van der Waals surface area (Å²) in [5.41, 5.74) is 6.57. The number of benzene rings is 1. The van der Waals surface area contributed by atoms with E-state index in [0.717, 1.165) is 12.0 Å². The molecule has 96 valence electrons. The van der Waals surface area contributed by atoms with Crippen molar-refractivity contribution in [1.29, 1.82) is 0 Å². The minimum absolute atomic E-state index is 0.205. The molecule has 0 bridgehead atoms. The second-order valence-electron chi connectivity index (χ2n) is 3.83. The monoisotopic (exact) mass is 267 g/mol. The van der Waals surface area contributed by atoms with Crippen molar-refractivity contribution in [3.8, 4) is 5.75 Å². The van der Waals surface area contributed by atoms with Crippen LogP contribution in [0.1, 0.15) is 17.3 Å². The van der Waals surface area contributed by atoms with Gasteiger partial charge in [-0.1, -0.05) is 22.8 Å².